The van der Waals surface area contributed by atoms with E-state index in [0.29, 0.717) is 0 Å². The van der Waals surface area contributed by atoms with Gasteiger partial charge in [-0.05, 0) is 44.9 Å². The maximum absolute atomic E-state index is 12.0. The molecule has 1 aliphatic carbocycles. The van der Waals surface area contributed by atoms with E-state index < -0.39 is 25.3 Å². The summed E-state index contributed by atoms with van der Waals surface area (Å²) in [6, 6.07) is 5.81. The molecule has 0 atom stereocenters. The second kappa shape index (κ2) is 5.34. The first-order chi connectivity index (χ1) is 9.21. The molecule has 0 bridgehead atoms. The molecule has 0 aliphatic heterocycles. The summed E-state index contributed by atoms with van der Waals surface area (Å²) in [7, 11) is -7.07. The summed E-state index contributed by atoms with van der Waals surface area (Å²) in [5.74, 6) is 0. The smallest absolute Gasteiger partial charge is 0.240 e. The summed E-state index contributed by atoms with van der Waals surface area (Å²) in [5, 5.41) is -0.590. The van der Waals surface area contributed by atoms with E-state index in [-0.39, 0.29) is 16.6 Å². The second-order valence-corrected chi connectivity index (χ2v) is 9.07. The molecule has 0 radical (unpaired) electrons. The van der Waals surface area contributed by atoms with Crippen molar-refractivity contribution in [2.75, 3.05) is 4.72 Å². The average molecular weight is 318 g/mol. The van der Waals surface area contributed by atoms with Crippen LogP contribution in [0.3, 0.4) is 0 Å². The SMILES string of the molecule is CC(C)S(=O)(=O)Nc1cccc(S(=O)(=O)NC2CC2)c1. The molecule has 1 aliphatic rings. The van der Waals surface area contributed by atoms with Crippen LogP contribution in [-0.4, -0.2) is 28.1 Å². The Morgan fingerprint density at radius 3 is 2.35 bits per heavy atom. The Hall–Kier alpha value is -1.12. The van der Waals surface area contributed by atoms with Crippen molar-refractivity contribution in [3.8, 4) is 0 Å². The molecule has 20 heavy (non-hydrogen) atoms. The van der Waals surface area contributed by atoms with Crippen LogP contribution in [0, 0.1) is 0 Å². The lowest BCUT2D eigenvalue weighted by atomic mass is 10.3. The van der Waals surface area contributed by atoms with Crippen LogP contribution in [0.1, 0.15) is 26.7 Å². The zero-order valence-electron chi connectivity index (χ0n) is 11.3. The molecule has 1 aromatic carbocycles. The van der Waals surface area contributed by atoms with E-state index >= 15 is 0 Å². The van der Waals surface area contributed by atoms with Crippen molar-refractivity contribution >= 4 is 25.7 Å². The Morgan fingerprint density at radius 2 is 1.80 bits per heavy atom. The summed E-state index contributed by atoms with van der Waals surface area (Å²) in [6.45, 7) is 3.11. The van der Waals surface area contributed by atoms with Crippen LogP contribution in [0.5, 0.6) is 0 Å². The highest BCUT2D eigenvalue weighted by Gasteiger charge is 2.28. The highest BCUT2D eigenvalue weighted by molar-refractivity contribution is 7.93. The van der Waals surface area contributed by atoms with E-state index in [1.165, 1.54) is 24.3 Å². The average Bonchev–Trinajstić information content (AvgIpc) is 3.12. The van der Waals surface area contributed by atoms with Gasteiger partial charge in [-0.15, -0.1) is 0 Å². The third kappa shape index (κ3) is 3.71. The normalized spacial score (nSPS) is 16.4. The van der Waals surface area contributed by atoms with Crippen molar-refractivity contribution in [3.05, 3.63) is 24.3 Å². The third-order valence-corrected chi connectivity index (χ3v) is 6.20. The van der Waals surface area contributed by atoms with Gasteiger partial charge >= 0.3 is 0 Å². The van der Waals surface area contributed by atoms with Gasteiger partial charge in [-0.3, -0.25) is 4.72 Å². The monoisotopic (exact) mass is 318 g/mol. The van der Waals surface area contributed by atoms with Crippen molar-refractivity contribution in [1.82, 2.24) is 4.72 Å². The molecule has 1 saturated carbocycles. The van der Waals surface area contributed by atoms with Gasteiger partial charge in [-0.25, -0.2) is 21.6 Å². The lowest BCUT2D eigenvalue weighted by Gasteiger charge is -2.12. The standard InChI is InChI=1S/C12H18N2O4S2/c1-9(2)19(15,16)14-11-4-3-5-12(8-11)20(17,18)13-10-6-7-10/h3-5,8-10,13-14H,6-7H2,1-2H3. The topological polar surface area (TPSA) is 92.3 Å². The zero-order valence-corrected chi connectivity index (χ0v) is 13.0. The number of hydrogen-bond acceptors (Lipinski definition) is 4. The van der Waals surface area contributed by atoms with Gasteiger partial charge < -0.3 is 0 Å². The van der Waals surface area contributed by atoms with Gasteiger partial charge in [-0.1, -0.05) is 6.07 Å². The van der Waals surface area contributed by atoms with Gasteiger partial charge in [0.1, 0.15) is 0 Å². The highest BCUT2D eigenvalue weighted by Crippen LogP contribution is 2.23. The molecule has 0 amide bonds. The maximum atomic E-state index is 12.0. The fraction of sp³-hybridized carbons (Fsp3) is 0.500. The van der Waals surface area contributed by atoms with Gasteiger partial charge in [0.25, 0.3) is 0 Å². The molecule has 6 nitrogen and oxygen atoms in total. The summed E-state index contributed by atoms with van der Waals surface area (Å²) in [4.78, 5) is 0.0633. The van der Waals surface area contributed by atoms with Crippen LogP contribution in [0.15, 0.2) is 29.2 Å². The number of anilines is 1. The van der Waals surface area contributed by atoms with Crippen LogP contribution in [-0.2, 0) is 20.0 Å². The number of benzene rings is 1. The van der Waals surface area contributed by atoms with Crippen molar-refractivity contribution in [2.24, 2.45) is 0 Å². The molecular formula is C12H18N2O4S2. The molecule has 0 aromatic heterocycles. The van der Waals surface area contributed by atoms with E-state index in [2.05, 4.69) is 9.44 Å². The Kier molecular flexibility index (Phi) is 4.08. The van der Waals surface area contributed by atoms with Crippen LogP contribution < -0.4 is 9.44 Å². The predicted octanol–water partition coefficient (Wildman–Crippen LogP) is 1.28. The largest absolute Gasteiger partial charge is 0.283 e. The fourth-order valence-corrected chi connectivity index (χ4v) is 3.54. The van der Waals surface area contributed by atoms with E-state index in [9.17, 15) is 16.8 Å². The third-order valence-electron chi connectivity index (χ3n) is 2.92. The lowest BCUT2D eigenvalue weighted by molar-refractivity contribution is 0.580. The molecule has 0 spiro atoms. The fourth-order valence-electron chi connectivity index (χ4n) is 1.50. The van der Waals surface area contributed by atoms with Crippen LogP contribution in [0.2, 0.25) is 0 Å². The Morgan fingerprint density at radius 1 is 1.15 bits per heavy atom. The summed E-state index contributed by atoms with van der Waals surface area (Å²) in [5.41, 5.74) is 0.248. The lowest BCUT2D eigenvalue weighted by Crippen LogP contribution is -2.26. The number of hydrogen-bond donors (Lipinski definition) is 2. The summed E-state index contributed by atoms with van der Waals surface area (Å²) >= 11 is 0. The van der Waals surface area contributed by atoms with Crippen LogP contribution in [0.4, 0.5) is 5.69 Å². The summed E-state index contributed by atoms with van der Waals surface area (Å²) < 4.78 is 52.6. The molecule has 1 aromatic rings. The Balaban J connectivity index is 2.24. The molecule has 8 heteroatoms. The molecule has 0 unspecified atom stereocenters. The minimum Gasteiger partial charge on any atom is -0.283 e. The number of rotatable bonds is 6. The van der Waals surface area contributed by atoms with E-state index in [1.54, 1.807) is 13.8 Å². The molecule has 2 N–H and O–H groups in total. The second-order valence-electron chi connectivity index (χ2n) is 5.12. The number of nitrogens with one attached hydrogen (secondary N) is 2. The van der Waals surface area contributed by atoms with Crippen molar-refractivity contribution in [3.63, 3.8) is 0 Å². The first-order valence-corrected chi connectivity index (χ1v) is 9.38. The van der Waals surface area contributed by atoms with Gasteiger partial charge in [0.15, 0.2) is 0 Å². The predicted molar refractivity (Wildman–Crippen MR) is 77.5 cm³/mol. The van der Waals surface area contributed by atoms with Gasteiger partial charge in [0, 0.05) is 11.7 Å². The number of sulfonamides is 2. The molecule has 1 fully saturated rings. The first-order valence-electron chi connectivity index (χ1n) is 6.35. The van der Waals surface area contributed by atoms with E-state index in [4.69, 9.17) is 0 Å². The Labute approximate surface area is 119 Å². The molecule has 2 rings (SSSR count). The Bertz CT molecular complexity index is 692. The molecule has 0 heterocycles. The highest BCUT2D eigenvalue weighted by atomic mass is 32.2. The first kappa shape index (κ1) is 15.3. The molecule has 0 saturated heterocycles. The quantitative estimate of drug-likeness (QED) is 0.826. The minimum absolute atomic E-state index is 0.0102. The van der Waals surface area contributed by atoms with Crippen LogP contribution in [0.25, 0.3) is 0 Å². The van der Waals surface area contributed by atoms with E-state index in [0.717, 1.165) is 12.8 Å². The minimum atomic E-state index is -3.58. The van der Waals surface area contributed by atoms with E-state index in [1.807, 2.05) is 0 Å². The van der Waals surface area contributed by atoms with Crippen LogP contribution >= 0.6 is 0 Å². The van der Waals surface area contributed by atoms with Gasteiger partial charge in [-0.2, -0.15) is 0 Å². The van der Waals surface area contributed by atoms with Gasteiger partial charge in [0.05, 0.1) is 10.1 Å². The zero-order chi connectivity index (χ0) is 15.0. The maximum Gasteiger partial charge on any atom is 0.240 e. The van der Waals surface area contributed by atoms with Gasteiger partial charge in [0.2, 0.25) is 20.0 Å². The van der Waals surface area contributed by atoms with Crippen molar-refractivity contribution in [1.29, 1.82) is 0 Å². The summed E-state index contributed by atoms with van der Waals surface area (Å²) in [6.07, 6.45) is 1.69. The van der Waals surface area contributed by atoms with Crippen molar-refractivity contribution in [2.45, 2.75) is 42.9 Å². The molecule has 112 valence electrons. The van der Waals surface area contributed by atoms with Crippen molar-refractivity contribution < 1.29 is 16.8 Å². The molecular weight excluding hydrogens is 300 g/mol.